The van der Waals surface area contributed by atoms with Gasteiger partial charge in [0, 0.05) is 17.1 Å². The summed E-state index contributed by atoms with van der Waals surface area (Å²) in [7, 11) is 0. The van der Waals surface area contributed by atoms with Gasteiger partial charge in [-0.3, -0.25) is 0 Å². The lowest BCUT2D eigenvalue weighted by Gasteiger charge is -2.20. The molecular weight excluding hydrogens is 252 g/mol. The molecule has 2 nitrogen and oxygen atoms in total. The third kappa shape index (κ3) is 4.28. The van der Waals surface area contributed by atoms with Gasteiger partial charge < -0.3 is 5.32 Å². The summed E-state index contributed by atoms with van der Waals surface area (Å²) >= 11 is 1.87. The van der Waals surface area contributed by atoms with Crippen LogP contribution in [0.5, 0.6) is 0 Å². The Morgan fingerprint density at radius 1 is 1.32 bits per heavy atom. The highest BCUT2D eigenvalue weighted by Crippen LogP contribution is 2.27. The number of nitrogens with zero attached hydrogens (tertiary/aromatic N) is 1. The Hall–Kier alpha value is -0.410. The minimum atomic E-state index is 0.411. The first-order valence-corrected chi connectivity index (χ1v) is 8.75. The van der Waals surface area contributed by atoms with Crippen LogP contribution in [0.15, 0.2) is 6.20 Å². The van der Waals surface area contributed by atoms with Crippen LogP contribution in [-0.2, 0) is 6.42 Å². The average molecular weight is 280 g/mol. The molecule has 1 N–H and O–H groups in total. The van der Waals surface area contributed by atoms with E-state index in [-0.39, 0.29) is 0 Å². The van der Waals surface area contributed by atoms with E-state index >= 15 is 0 Å². The third-order valence-corrected chi connectivity index (χ3v) is 5.77. The van der Waals surface area contributed by atoms with Crippen LogP contribution in [0.2, 0.25) is 0 Å². The van der Waals surface area contributed by atoms with E-state index in [0.717, 1.165) is 12.3 Å². The minimum Gasteiger partial charge on any atom is -0.305 e. The molecule has 0 spiro atoms. The van der Waals surface area contributed by atoms with Gasteiger partial charge in [0.05, 0.1) is 6.04 Å². The van der Waals surface area contributed by atoms with Crippen molar-refractivity contribution in [2.75, 3.05) is 0 Å². The first-order chi connectivity index (χ1) is 9.22. The molecule has 1 fully saturated rings. The third-order valence-electron chi connectivity index (χ3n) is 4.44. The summed E-state index contributed by atoms with van der Waals surface area (Å²) in [6.07, 6.45) is 11.4. The SMILES string of the molecule is CCc1cnc(C(C)NC2CCCC(CC)CC2)s1. The van der Waals surface area contributed by atoms with Crippen LogP contribution in [0.3, 0.4) is 0 Å². The smallest absolute Gasteiger partial charge is 0.109 e. The van der Waals surface area contributed by atoms with Crippen LogP contribution in [0.25, 0.3) is 0 Å². The Balaban J connectivity index is 1.86. The van der Waals surface area contributed by atoms with E-state index in [1.165, 1.54) is 48.4 Å². The fraction of sp³-hybridized carbons (Fsp3) is 0.812. The van der Waals surface area contributed by atoms with Gasteiger partial charge >= 0.3 is 0 Å². The van der Waals surface area contributed by atoms with Crippen molar-refractivity contribution >= 4 is 11.3 Å². The number of aromatic nitrogens is 1. The second-order valence-electron chi connectivity index (χ2n) is 5.89. The lowest BCUT2D eigenvalue weighted by molar-refractivity contribution is 0.399. The predicted molar refractivity (Wildman–Crippen MR) is 83.7 cm³/mol. The highest BCUT2D eigenvalue weighted by molar-refractivity contribution is 7.11. The van der Waals surface area contributed by atoms with Crippen molar-refractivity contribution in [1.82, 2.24) is 10.3 Å². The molecular formula is C16H28N2S. The van der Waals surface area contributed by atoms with Crippen molar-refractivity contribution in [1.29, 1.82) is 0 Å². The second kappa shape index (κ2) is 7.39. The summed E-state index contributed by atoms with van der Waals surface area (Å²) in [5, 5.41) is 5.06. The van der Waals surface area contributed by atoms with Crippen molar-refractivity contribution in [2.45, 2.75) is 77.8 Å². The van der Waals surface area contributed by atoms with Crippen LogP contribution in [-0.4, -0.2) is 11.0 Å². The molecule has 3 unspecified atom stereocenters. The zero-order valence-electron chi connectivity index (χ0n) is 12.6. The van der Waals surface area contributed by atoms with E-state index in [1.54, 1.807) is 0 Å². The van der Waals surface area contributed by atoms with Crippen molar-refractivity contribution < 1.29 is 0 Å². The molecule has 0 aromatic carbocycles. The maximum Gasteiger partial charge on any atom is 0.109 e. The minimum absolute atomic E-state index is 0.411. The zero-order chi connectivity index (χ0) is 13.7. The van der Waals surface area contributed by atoms with E-state index < -0.39 is 0 Å². The predicted octanol–water partition coefficient (Wildman–Crippen LogP) is 4.72. The number of aryl methyl sites for hydroxylation is 1. The topological polar surface area (TPSA) is 24.9 Å². The largest absolute Gasteiger partial charge is 0.305 e. The molecule has 1 aliphatic carbocycles. The Kier molecular flexibility index (Phi) is 5.83. The van der Waals surface area contributed by atoms with Gasteiger partial charge in [0.25, 0.3) is 0 Å². The molecule has 1 aromatic heterocycles. The molecule has 2 rings (SSSR count). The first kappa shape index (κ1) is 15.0. The maximum atomic E-state index is 4.56. The number of hydrogen-bond donors (Lipinski definition) is 1. The molecule has 1 aromatic rings. The first-order valence-electron chi connectivity index (χ1n) is 7.93. The number of hydrogen-bond acceptors (Lipinski definition) is 3. The Morgan fingerprint density at radius 3 is 2.84 bits per heavy atom. The van der Waals surface area contributed by atoms with Gasteiger partial charge in [-0.05, 0) is 38.5 Å². The molecule has 19 heavy (non-hydrogen) atoms. The number of thiazole rings is 1. The normalized spacial score (nSPS) is 26.1. The molecule has 3 atom stereocenters. The fourth-order valence-electron chi connectivity index (χ4n) is 3.06. The summed E-state index contributed by atoms with van der Waals surface area (Å²) in [6.45, 7) is 6.80. The van der Waals surface area contributed by atoms with Gasteiger partial charge in [-0.25, -0.2) is 4.98 Å². The Bertz CT molecular complexity index is 375. The molecule has 0 saturated heterocycles. The Labute approximate surface area is 122 Å². The zero-order valence-corrected chi connectivity index (χ0v) is 13.4. The maximum absolute atomic E-state index is 4.56. The van der Waals surface area contributed by atoms with E-state index in [9.17, 15) is 0 Å². The second-order valence-corrected chi connectivity index (χ2v) is 7.03. The fourth-order valence-corrected chi connectivity index (χ4v) is 3.93. The van der Waals surface area contributed by atoms with Crippen molar-refractivity contribution in [3.8, 4) is 0 Å². The molecule has 0 amide bonds. The summed E-state index contributed by atoms with van der Waals surface area (Å²) in [6, 6.07) is 1.11. The van der Waals surface area contributed by atoms with Crippen LogP contribution in [0.1, 0.15) is 75.2 Å². The number of nitrogens with one attached hydrogen (secondary N) is 1. The quantitative estimate of drug-likeness (QED) is 0.790. The lowest BCUT2D eigenvalue weighted by Crippen LogP contribution is -2.31. The van der Waals surface area contributed by atoms with Crippen LogP contribution < -0.4 is 5.32 Å². The van der Waals surface area contributed by atoms with E-state index in [4.69, 9.17) is 0 Å². The molecule has 1 aliphatic rings. The highest BCUT2D eigenvalue weighted by Gasteiger charge is 2.20. The van der Waals surface area contributed by atoms with Crippen molar-refractivity contribution in [3.05, 3.63) is 16.1 Å². The molecule has 3 heteroatoms. The van der Waals surface area contributed by atoms with E-state index in [2.05, 4.69) is 31.1 Å². The van der Waals surface area contributed by atoms with Crippen molar-refractivity contribution in [3.63, 3.8) is 0 Å². The summed E-state index contributed by atoms with van der Waals surface area (Å²) in [5.74, 6) is 0.966. The summed E-state index contributed by atoms with van der Waals surface area (Å²) in [5.41, 5.74) is 0. The molecule has 0 aliphatic heterocycles. The van der Waals surface area contributed by atoms with Gasteiger partial charge in [-0.2, -0.15) is 0 Å². The van der Waals surface area contributed by atoms with Crippen LogP contribution >= 0.6 is 11.3 Å². The summed E-state index contributed by atoms with van der Waals surface area (Å²) in [4.78, 5) is 5.96. The van der Waals surface area contributed by atoms with E-state index in [0.29, 0.717) is 12.1 Å². The monoisotopic (exact) mass is 280 g/mol. The van der Waals surface area contributed by atoms with Gasteiger partial charge in [0.1, 0.15) is 5.01 Å². The molecule has 0 radical (unpaired) electrons. The van der Waals surface area contributed by atoms with Gasteiger partial charge in [-0.1, -0.05) is 33.1 Å². The van der Waals surface area contributed by atoms with Crippen LogP contribution in [0, 0.1) is 5.92 Å². The van der Waals surface area contributed by atoms with Gasteiger partial charge in [0.2, 0.25) is 0 Å². The number of rotatable bonds is 5. The molecule has 1 heterocycles. The molecule has 0 bridgehead atoms. The average Bonchev–Trinajstić information content (AvgIpc) is 2.80. The molecule has 108 valence electrons. The van der Waals surface area contributed by atoms with Crippen LogP contribution in [0.4, 0.5) is 0 Å². The summed E-state index contributed by atoms with van der Waals surface area (Å²) < 4.78 is 0. The van der Waals surface area contributed by atoms with E-state index in [1.807, 2.05) is 17.5 Å². The van der Waals surface area contributed by atoms with Crippen molar-refractivity contribution in [2.24, 2.45) is 5.92 Å². The Morgan fingerprint density at radius 2 is 2.16 bits per heavy atom. The highest BCUT2D eigenvalue weighted by atomic mass is 32.1. The molecule has 1 saturated carbocycles. The van der Waals surface area contributed by atoms with Gasteiger partial charge in [-0.15, -0.1) is 11.3 Å². The standard InChI is InChI=1S/C16H28N2S/c1-4-13-7-6-8-14(10-9-13)18-12(3)16-17-11-15(5-2)19-16/h11-14,18H,4-10H2,1-3H3. The lowest BCUT2D eigenvalue weighted by atomic mass is 9.98. The van der Waals surface area contributed by atoms with Gasteiger partial charge in [0.15, 0.2) is 0 Å².